The molecule has 9 heteroatoms. The lowest BCUT2D eigenvalue weighted by Crippen LogP contribution is -2.48. The molecular formula is C11H20N4O5. The van der Waals surface area contributed by atoms with Gasteiger partial charge < -0.3 is 30.6 Å². The van der Waals surface area contributed by atoms with E-state index in [1.165, 1.54) is 4.90 Å². The summed E-state index contributed by atoms with van der Waals surface area (Å²) in [5.41, 5.74) is 0. The predicted octanol–water partition coefficient (Wildman–Crippen LogP) is -1.51. The molecule has 4 N–H and O–H groups in total. The number of nitrogens with one attached hydrogen (secondary N) is 2. The van der Waals surface area contributed by atoms with Crippen LogP contribution in [0.3, 0.4) is 0 Å². The van der Waals surface area contributed by atoms with Crippen molar-refractivity contribution < 1.29 is 24.6 Å². The fraction of sp³-hybridized carbons (Fsp3) is 0.727. The second-order valence-electron chi connectivity index (χ2n) is 4.75. The second kappa shape index (κ2) is 6.94. The molecule has 2 atom stereocenters. The SMILES string of the molecule is CN(C)C(=O)NCCNC(=O)N1C[C@H](O)C[C@@H]1C(=O)O. The molecule has 1 heterocycles. The molecule has 0 saturated carbocycles. The first-order chi connectivity index (χ1) is 9.32. The summed E-state index contributed by atoms with van der Waals surface area (Å²) in [5, 5.41) is 23.4. The molecule has 9 nitrogen and oxygen atoms in total. The Hall–Kier alpha value is -2.03. The van der Waals surface area contributed by atoms with E-state index in [9.17, 15) is 19.5 Å². The molecule has 1 aliphatic rings. The minimum atomic E-state index is -1.14. The van der Waals surface area contributed by atoms with Crippen molar-refractivity contribution in [1.82, 2.24) is 20.4 Å². The predicted molar refractivity (Wildman–Crippen MR) is 69.2 cm³/mol. The van der Waals surface area contributed by atoms with Gasteiger partial charge in [-0.25, -0.2) is 14.4 Å². The van der Waals surface area contributed by atoms with Crippen LogP contribution in [0.2, 0.25) is 0 Å². The van der Waals surface area contributed by atoms with Gasteiger partial charge in [0.2, 0.25) is 0 Å². The maximum atomic E-state index is 11.8. The number of rotatable bonds is 4. The summed E-state index contributed by atoms with van der Waals surface area (Å²) in [6.07, 6.45) is -0.796. The molecular weight excluding hydrogens is 268 g/mol. The molecule has 0 aliphatic carbocycles. The van der Waals surface area contributed by atoms with Gasteiger partial charge in [-0.15, -0.1) is 0 Å². The number of amides is 4. The van der Waals surface area contributed by atoms with Gasteiger partial charge in [-0.2, -0.15) is 0 Å². The average molecular weight is 288 g/mol. The molecule has 4 amide bonds. The zero-order valence-corrected chi connectivity index (χ0v) is 11.5. The number of aliphatic hydroxyl groups is 1. The van der Waals surface area contributed by atoms with E-state index in [0.29, 0.717) is 0 Å². The minimum Gasteiger partial charge on any atom is -0.480 e. The molecule has 0 aromatic rings. The van der Waals surface area contributed by atoms with Crippen LogP contribution >= 0.6 is 0 Å². The van der Waals surface area contributed by atoms with E-state index in [0.717, 1.165) is 4.90 Å². The number of β-amino-alcohol motifs (C(OH)–C–C–N with tert-alkyl or cyclic N) is 1. The highest BCUT2D eigenvalue weighted by Crippen LogP contribution is 2.17. The quantitative estimate of drug-likeness (QED) is 0.468. The van der Waals surface area contributed by atoms with E-state index in [1.54, 1.807) is 14.1 Å². The molecule has 0 spiro atoms. The van der Waals surface area contributed by atoms with Gasteiger partial charge >= 0.3 is 18.0 Å². The van der Waals surface area contributed by atoms with E-state index < -0.39 is 24.1 Å². The van der Waals surface area contributed by atoms with Crippen LogP contribution in [0.5, 0.6) is 0 Å². The lowest BCUT2D eigenvalue weighted by Gasteiger charge is -2.21. The summed E-state index contributed by atoms with van der Waals surface area (Å²) in [7, 11) is 3.19. The van der Waals surface area contributed by atoms with Crippen LogP contribution in [0.15, 0.2) is 0 Å². The van der Waals surface area contributed by atoms with Gasteiger partial charge in [0.05, 0.1) is 6.10 Å². The van der Waals surface area contributed by atoms with Crippen molar-refractivity contribution in [2.75, 3.05) is 33.7 Å². The van der Waals surface area contributed by atoms with Gasteiger partial charge in [0, 0.05) is 40.2 Å². The van der Waals surface area contributed by atoms with Crippen LogP contribution in [-0.4, -0.2) is 83.9 Å². The Kier molecular flexibility index (Phi) is 5.56. The molecule has 0 unspecified atom stereocenters. The topological polar surface area (TPSA) is 122 Å². The third-order valence-corrected chi connectivity index (χ3v) is 2.91. The zero-order valence-electron chi connectivity index (χ0n) is 11.5. The number of aliphatic hydroxyl groups excluding tert-OH is 1. The van der Waals surface area contributed by atoms with E-state index >= 15 is 0 Å². The molecule has 114 valence electrons. The number of aliphatic carboxylic acids is 1. The number of carboxylic acids is 1. The molecule has 0 aromatic carbocycles. The summed E-state index contributed by atoms with van der Waals surface area (Å²) in [4.78, 5) is 36.4. The molecule has 20 heavy (non-hydrogen) atoms. The van der Waals surface area contributed by atoms with Gasteiger partial charge in [-0.05, 0) is 0 Å². The zero-order chi connectivity index (χ0) is 15.3. The molecule has 1 aliphatic heterocycles. The largest absolute Gasteiger partial charge is 0.480 e. The number of carbonyl (C=O) groups is 3. The van der Waals surface area contributed by atoms with E-state index in [4.69, 9.17) is 5.11 Å². The monoisotopic (exact) mass is 288 g/mol. The van der Waals surface area contributed by atoms with E-state index in [2.05, 4.69) is 10.6 Å². The standard InChI is InChI=1S/C11H20N4O5/c1-14(2)10(19)12-3-4-13-11(20)15-6-7(16)5-8(15)9(17)18/h7-8,16H,3-6H2,1-2H3,(H,12,19)(H,13,20)(H,17,18)/t7-,8-/m1/s1. The molecule has 0 radical (unpaired) electrons. The van der Waals surface area contributed by atoms with E-state index in [1.807, 2.05) is 0 Å². The Morgan fingerprint density at radius 2 is 1.85 bits per heavy atom. The highest BCUT2D eigenvalue weighted by molar-refractivity contribution is 5.83. The maximum Gasteiger partial charge on any atom is 0.326 e. The van der Waals surface area contributed by atoms with Crippen molar-refractivity contribution >= 4 is 18.0 Å². The van der Waals surface area contributed by atoms with Crippen LogP contribution in [0.4, 0.5) is 9.59 Å². The van der Waals surface area contributed by atoms with Gasteiger partial charge in [0.15, 0.2) is 0 Å². The highest BCUT2D eigenvalue weighted by Gasteiger charge is 2.38. The first-order valence-corrected chi connectivity index (χ1v) is 6.23. The molecule has 1 fully saturated rings. The lowest BCUT2D eigenvalue weighted by atomic mass is 10.2. The third kappa shape index (κ3) is 4.26. The second-order valence-corrected chi connectivity index (χ2v) is 4.75. The summed E-state index contributed by atoms with van der Waals surface area (Å²) < 4.78 is 0. The number of carboxylic acid groups (broad SMARTS) is 1. The van der Waals surface area contributed by atoms with Gasteiger partial charge in [-0.1, -0.05) is 0 Å². The van der Waals surface area contributed by atoms with Crippen LogP contribution in [0, 0.1) is 0 Å². The van der Waals surface area contributed by atoms with Crippen LogP contribution in [-0.2, 0) is 4.79 Å². The number of likely N-dealkylation sites (tertiary alicyclic amines) is 1. The fourth-order valence-corrected chi connectivity index (χ4v) is 1.87. The maximum absolute atomic E-state index is 11.8. The first kappa shape index (κ1) is 16.0. The first-order valence-electron chi connectivity index (χ1n) is 6.23. The lowest BCUT2D eigenvalue weighted by molar-refractivity contribution is -0.141. The third-order valence-electron chi connectivity index (χ3n) is 2.91. The Labute approximate surface area is 116 Å². The van der Waals surface area contributed by atoms with Crippen LogP contribution in [0.25, 0.3) is 0 Å². The summed E-state index contributed by atoms with van der Waals surface area (Å²) in [6, 6.07) is -1.85. The number of urea groups is 2. The highest BCUT2D eigenvalue weighted by atomic mass is 16.4. The molecule has 1 rings (SSSR count). The normalized spacial score (nSPS) is 21.4. The van der Waals surface area contributed by atoms with Crippen molar-refractivity contribution in [3.8, 4) is 0 Å². The smallest absolute Gasteiger partial charge is 0.326 e. The van der Waals surface area contributed by atoms with Crippen molar-refractivity contribution in [1.29, 1.82) is 0 Å². The van der Waals surface area contributed by atoms with E-state index in [-0.39, 0.29) is 32.1 Å². The summed E-state index contributed by atoms with van der Waals surface area (Å²) in [6.45, 7) is 0.404. The molecule has 0 bridgehead atoms. The van der Waals surface area contributed by atoms with Crippen molar-refractivity contribution in [3.63, 3.8) is 0 Å². The average Bonchev–Trinajstić information content (AvgIpc) is 2.76. The molecule has 0 aromatic heterocycles. The Morgan fingerprint density at radius 1 is 1.25 bits per heavy atom. The fourth-order valence-electron chi connectivity index (χ4n) is 1.87. The van der Waals surface area contributed by atoms with Gasteiger partial charge in [0.1, 0.15) is 6.04 Å². The summed E-state index contributed by atoms with van der Waals surface area (Å²) >= 11 is 0. The minimum absolute atomic E-state index is 0.00709. The Morgan fingerprint density at radius 3 is 2.40 bits per heavy atom. The summed E-state index contributed by atoms with van der Waals surface area (Å²) in [5.74, 6) is -1.14. The van der Waals surface area contributed by atoms with Gasteiger partial charge in [-0.3, -0.25) is 0 Å². The Bertz CT molecular complexity index is 387. The van der Waals surface area contributed by atoms with Crippen molar-refractivity contribution in [2.24, 2.45) is 0 Å². The number of hydrogen-bond acceptors (Lipinski definition) is 4. The molecule has 1 saturated heterocycles. The van der Waals surface area contributed by atoms with Crippen molar-refractivity contribution in [3.05, 3.63) is 0 Å². The number of carbonyl (C=O) groups excluding carboxylic acids is 2. The van der Waals surface area contributed by atoms with Crippen LogP contribution in [0.1, 0.15) is 6.42 Å². The van der Waals surface area contributed by atoms with Crippen molar-refractivity contribution in [2.45, 2.75) is 18.6 Å². The van der Waals surface area contributed by atoms with Gasteiger partial charge in [0.25, 0.3) is 0 Å². The Balaban J connectivity index is 2.35. The number of nitrogens with zero attached hydrogens (tertiary/aromatic N) is 2. The van der Waals surface area contributed by atoms with Crippen LogP contribution < -0.4 is 10.6 Å². The number of hydrogen-bond donors (Lipinski definition) is 4.